The first-order valence-corrected chi connectivity index (χ1v) is 8.38. The Morgan fingerprint density at radius 3 is 2.95 bits per heavy atom. The number of nitrogens with one attached hydrogen (secondary N) is 2. The Labute approximate surface area is 130 Å². The second-order valence-corrected chi connectivity index (χ2v) is 6.52. The van der Waals surface area contributed by atoms with E-state index in [1.54, 1.807) is 11.3 Å². The number of nitrogens with zero attached hydrogens (tertiary/aromatic N) is 3. The number of likely N-dealkylation sites (N-methyl/N-ethyl adjacent to an activating group) is 1. The Kier molecular flexibility index (Phi) is 5.03. The van der Waals surface area contributed by atoms with Gasteiger partial charge in [0.25, 0.3) is 0 Å². The number of rotatable bonds is 6. The van der Waals surface area contributed by atoms with Gasteiger partial charge in [-0.2, -0.15) is 5.10 Å². The molecule has 0 amide bonds. The minimum atomic E-state index is 0.872. The van der Waals surface area contributed by atoms with Crippen molar-refractivity contribution < 1.29 is 0 Å². The SMILES string of the molecule is CN1CCN(CCNCc2cn[nH]c2-c2cccs2)CC1. The third-order valence-corrected chi connectivity index (χ3v) is 4.89. The molecule has 0 aliphatic carbocycles. The van der Waals surface area contributed by atoms with Gasteiger partial charge in [-0.25, -0.2) is 0 Å². The van der Waals surface area contributed by atoms with Gasteiger partial charge in [-0.05, 0) is 18.5 Å². The van der Waals surface area contributed by atoms with E-state index in [0.717, 1.165) is 25.3 Å². The molecule has 0 bridgehead atoms. The number of H-pyrrole nitrogens is 1. The molecule has 2 aromatic heterocycles. The van der Waals surface area contributed by atoms with E-state index in [4.69, 9.17) is 0 Å². The molecule has 2 N–H and O–H groups in total. The van der Waals surface area contributed by atoms with Crippen molar-refractivity contribution in [2.75, 3.05) is 46.3 Å². The van der Waals surface area contributed by atoms with Gasteiger partial charge in [-0.15, -0.1) is 11.3 Å². The molecule has 1 saturated heterocycles. The zero-order chi connectivity index (χ0) is 14.5. The van der Waals surface area contributed by atoms with Gasteiger partial charge in [0.15, 0.2) is 0 Å². The largest absolute Gasteiger partial charge is 0.311 e. The minimum absolute atomic E-state index is 0.872. The van der Waals surface area contributed by atoms with Crippen molar-refractivity contribution in [3.8, 4) is 10.6 Å². The summed E-state index contributed by atoms with van der Waals surface area (Å²) in [6.07, 6.45) is 1.93. The van der Waals surface area contributed by atoms with E-state index >= 15 is 0 Å². The Bertz CT molecular complexity index is 528. The number of aromatic nitrogens is 2. The van der Waals surface area contributed by atoms with Crippen molar-refractivity contribution >= 4 is 11.3 Å². The van der Waals surface area contributed by atoms with Crippen LogP contribution in [0.15, 0.2) is 23.7 Å². The summed E-state index contributed by atoms with van der Waals surface area (Å²) >= 11 is 1.75. The number of hydrogen-bond donors (Lipinski definition) is 2. The highest BCUT2D eigenvalue weighted by Gasteiger charge is 2.13. The van der Waals surface area contributed by atoms with Crippen LogP contribution in [0.25, 0.3) is 10.6 Å². The molecule has 5 nitrogen and oxygen atoms in total. The molecule has 0 aromatic carbocycles. The van der Waals surface area contributed by atoms with Crippen molar-refractivity contribution in [3.05, 3.63) is 29.3 Å². The second-order valence-electron chi connectivity index (χ2n) is 5.57. The number of aromatic amines is 1. The quantitative estimate of drug-likeness (QED) is 0.794. The third-order valence-electron chi connectivity index (χ3n) is 4.00. The Morgan fingerprint density at radius 1 is 1.33 bits per heavy atom. The highest BCUT2D eigenvalue weighted by molar-refractivity contribution is 7.13. The second kappa shape index (κ2) is 7.17. The summed E-state index contributed by atoms with van der Waals surface area (Å²) in [5.41, 5.74) is 2.40. The fourth-order valence-corrected chi connectivity index (χ4v) is 3.37. The molecule has 0 saturated carbocycles. The van der Waals surface area contributed by atoms with Gasteiger partial charge in [0.1, 0.15) is 0 Å². The van der Waals surface area contributed by atoms with Crippen LogP contribution >= 0.6 is 11.3 Å². The summed E-state index contributed by atoms with van der Waals surface area (Å²) in [6.45, 7) is 7.76. The lowest BCUT2D eigenvalue weighted by Gasteiger charge is -2.32. The van der Waals surface area contributed by atoms with Gasteiger partial charge in [-0.3, -0.25) is 10.00 Å². The van der Waals surface area contributed by atoms with Gasteiger partial charge in [0, 0.05) is 51.4 Å². The van der Waals surface area contributed by atoms with Crippen LogP contribution in [-0.4, -0.2) is 66.3 Å². The summed E-state index contributed by atoms with van der Waals surface area (Å²) in [5.74, 6) is 0. The van der Waals surface area contributed by atoms with Gasteiger partial charge in [0.2, 0.25) is 0 Å². The normalized spacial score (nSPS) is 17.4. The molecule has 1 aliphatic rings. The molecule has 0 unspecified atom stereocenters. The molecule has 6 heteroatoms. The predicted octanol–water partition coefficient (Wildman–Crippen LogP) is 1.48. The standard InChI is InChI=1S/C15H23N5S/c1-19-6-8-20(9-7-19)5-4-16-11-13-12-17-18-15(13)14-3-2-10-21-14/h2-3,10,12,16H,4-9,11H2,1H3,(H,17,18). The van der Waals surface area contributed by atoms with Crippen molar-refractivity contribution in [3.63, 3.8) is 0 Å². The van der Waals surface area contributed by atoms with Crippen LogP contribution in [0.3, 0.4) is 0 Å². The fourth-order valence-electron chi connectivity index (χ4n) is 2.61. The summed E-state index contributed by atoms with van der Waals surface area (Å²) in [6, 6.07) is 4.21. The number of hydrogen-bond acceptors (Lipinski definition) is 5. The van der Waals surface area contributed by atoms with E-state index in [1.165, 1.54) is 36.6 Å². The first-order chi connectivity index (χ1) is 10.3. The van der Waals surface area contributed by atoms with Gasteiger partial charge in [0.05, 0.1) is 16.8 Å². The minimum Gasteiger partial charge on any atom is -0.311 e. The summed E-state index contributed by atoms with van der Waals surface area (Å²) in [4.78, 5) is 6.17. The molecule has 2 aromatic rings. The maximum Gasteiger partial charge on any atom is 0.0794 e. The maximum absolute atomic E-state index is 4.18. The highest BCUT2D eigenvalue weighted by atomic mass is 32.1. The smallest absolute Gasteiger partial charge is 0.0794 e. The molecular weight excluding hydrogens is 282 g/mol. The zero-order valence-electron chi connectivity index (χ0n) is 12.5. The van der Waals surface area contributed by atoms with E-state index in [0.29, 0.717) is 0 Å². The molecule has 3 heterocycles. The van der Waals surface area contributed by atoms with Crippen LogP contribution in [0.4, 0.5) is 0 Å². The third kappa shape index (κ3) is 3.91. The van der Waals surface area contributed by atoms with Crippen LogP contribution in [0.1, 0.15) is 5.56 Å². The van der Waals surface area contributed by atoms with Crippen LogP contribution in [0, 0.1) is 0 Å². The lowest BCUT2D eigenvalue weighted by atomic mass is 10.2. The molecule has 0 radical (unpaired) electrons. The Balaban J connectivity index is 1.43. The first kappa shape index (κ1) is 14.7. The van der Waals surface area contributed by atoms with Crippen LogP contribution < -0.4 is 5.32 Å². The number of thiophene rings is 1. The van der Waals surface area contributed by atoms with E-state index in [2.05, 4.69) is 49.9 Å². The molecular formula is C15H23N5S. The van der Waals surface area contributed by atoms with Gasteiger partial charge < -0.3 is 10.2 Å². The van der Waals surface area contributed by atoms with E-state index < -0.39 is 0 Å². The topological polar surface area (TPSA) is 47.2 Å². The first-order valence-electron chi connectivity index (χ1n) is 7.50. The summed E-state index contributed by atoms with van der Waals surface area (Å²) < 4.78 is 0. The van der Waals surface area contributed by atoms with Crippen LogP contribution in [-0.2, 0) is 6.54 Å². The molecule has 1 aliphatic heterocycles. The average Bonchev–Trinajstić information content (AvgIpc) is 3.16. The lowest BCUT2D eigenvalue weighted by molar-refractivity contribution is 0.154. The monoisotopic (exact) mass is 305 g/mol. The molecule has 114 valence electrons. The Morgan fingerprint density at radius 2 is 2.19 bits per heavy atom. The van der Waals surface area contributed by atoms with Crippen molar-refractivity contribution in [2.24, 2.45) is 0 Å². The molecule has 1 fully saturated rings. The molecule has 3 rings (SSSR count). The molecule has 21 heavy (non-hydrogen) atoms. The van der Waals surface area contributed by atoms with E-state index in [9.17, 15) is 0 Å². The van der Waals surface area contributed by atoms with Crippen molar-refractivity contribution in [1.82, 2.24) is 25.3 Å². The van der Waals surface area contributed by atoms with Crippen molar-refractivity contribution in [1.29, 1.82) is 0 Å². The van der Waals surface area contributed by atoms with Gasteiger partial charge >= 0.3 is 0 Å². The van der Waals surface area contributed by atoms with Crippen molar-refractivity contribution in [2.45, 2.75) is 6.54 Å². The predicted molar refractivity (Wildman–Crippen MR) is 87.5 cm³/mol. The summed E-state index contributed by atoms with van der Waals surface area (Å²) in [5, 5.41) is 12.9. The van der Waals surface area contributed by atoms with Crippen LogP contribution in [0.5, 0.6) is 0 Å². The fraction of sp³-hybridized carbons (Fsp3) is 0.533. The zero-order valence-corrected chi connectivity index (χ0v) is 13.3. The maximum atomic E-state index is 4.18. The number of piperazine rings is 1. The summed E-state index contributed by atoms with van der Waals surface area (Å²) in [7, 11) is 2.20. The van der Waals surface area contributed by atoms with E-state index in [1.807, 2.05) is 6.20 Å². The van der Waals surface area contributed by atoms with Crippen LogP contribution in [0.2, 0.25) is 0 Å². The molecule has 0 spiro atoms. The van der Waals surface area contributed by atoms with Gasteiger partial charge in [-0.1, -0.05) is 6.07 Å². The highest BCUT2D eigenvalue weighted by Crippen LogP contribution is 2.25. The lowest BCUT2D eigenvalue weighted by Crippen LogP contribution is -2.46. The van der Waals surface area contributed by atoms with E-state index in [-0.39, 0.29) is 0 Å². The average molecular weight is 305 g/mol. The Hall–Kier alpha value is -1.21. The molecule has 0 atom stereocenters.